The Kier molecular flexibility index (Phi) is 13.2. The van der Waals surface area contributed by atoms with E-state index in [1.807, 2.05) is 59.0 Å². The van der Waals surface area contributed by atoms with Crippen LogP contribution in [-0.4, -0.2) is 30.0 Å². The number of carbonyl (C=O) groups is 1. The van der Waals surface area contributed by atoms with Gasteiger partial charge in [0.2, 0.25) is 0 Å². The maximum absolute atomic E-state index is 14.8. The third-order valence-corrected chi connectivity index (χ3v) is 7.87. The summed E-state index contributed by atoms with van der Waals surface area (Å²) in [5, 5.41) is 0.765. The van der Waals surface area contributed by atoms with Crippen molar-refractivity contribution in [3.05, 3.63) is 71.1 Å². The van der Waals surface area contributed by atoms with Crippen LogP contribution >= 0.6 is 22.6 Å². The van der Waals surface area contributed by atoms with E-state index in [0.717, 1.165) is 24.6 Å². The van der Waals surface area contributed by atoms with Gasteiger partial charge in [0, 0.05) is 23.4 Å². The molecule has 0 amide bonds. The second kappa shape index (κ2) is 16.5. The maximum Gasteiger partial charge on any atom is 0.344 e. The molecule has 0 aliphatic rings. The molecule has 0 bridgehead atoms. The highest BCUT2D eigenvalue weighted by Crippen LogP contribution is 2.33. The first-order valence-electron chi connectivity index (χ1n) is 14.3. The van der Waals surface area contributed by atoms with Crippen LogP contribution in [0.25, 0.3) is 22.1 Å². The highest BCUT2D eigenvalue weighted by molar-refractivity contribution is 14.1. The van der Waals surface area contributed by atoms with Crippen LogP contribution in [0.2, 0.25) is 0 Å². The number of rotatable bonds is 18. The topological polar surface area (TPSA) is 75.0 Å². The Morgan fingerprint density at radius 2 is 1.83 bits per heavy atom. The van der Waals surface area contributed by atoms with Gasteiger partial charge in [-0.05, 0) is 97.4 Å². The number of ether oxygens (including phenoxy) is 3. The van der Waals surface area contributed by atoms with Crippen LogP contribution in [0.4, 0.5) is 4.39 Å². The Hall–Kier alpha value is -2.88. The molecule has 1 atom stereocenters. The number of fused-ring (bicyclic) bond motifs is 1. The van der Waals surface area contributed by atoms with E-state index < -0.39 is 9.30 Å². The summed E-state index contributed by atoms with van der Waals surface area (Å²) in [4.78, 5) is 24.5. The van der Waals surface area contributed by atoms with Gasteiger partial charge < -0.3 is 18.6 Å². The largest absolute Gasteiger partial charge is 0.496 e. The van der Waals surface area contributed by atoms with Crippen molar-refractivity contribution in [2.24, 2.45) is 0 Å². The van der Waals surface area contributed by atoms with Gasteiger partial charge in [0.1, 0.15) is 17.1 Å². The maximum atomic E-state index is 14.8. The minimum absolute atomic E-state index is 0.211. The molecule has 3 aromatic rings. The fourth-order valence-corrected chi connectivity index (χ4v) is 5.28. The second-order valence-corrected chi connectivity index (χ2v) is 12.0. The van der Waals surface area contributed by atoms with Crippen molar-refractivity contribution in [2.75, 3.05) is 20.3 Å². The molecule has 0 fully saturated rings. The Morgan fingerprint density at radius 3 is 2.56 bits per heavy atom. The average Bonchev–Trinajstić information content (AvgIpc) is 2.96. The van der Waals surface area contributed by atoms with Gasteiger partial charge in [-0.3, -0.25) is 4.79 Å². The number of benzene rings is 2. The van der Waals surface area contributed by atoms with E-state index in [2.05, 4.69) is 13.5 Å². The summed E-state index contributed by atoms with van der Waals surface area (Å²) < 4.78 is 35.6. The zero-order valence-electron chi connectivity index (χ0n) is 24.0. The van der Waals surface area contributed by atoms with E-state index in [4.69, 9.17) is 18.6 Å². The van der Waals surface area contributed by atoms with Crippen molar-refractivity contribution < 1.29 is 27.8 Å². The standard InChI is InChI=1S/C33H40FIO6/c1-4-6-8-11-24-13-16-27(30(21-24)38-3)28-22-25-14-15-26(23-29(25)41-32(28)37)39-19-9-17-33(34,35)18-10-20-40-31(36)12-7-5-2/h5,13-16,21-23H,2,4,6-12,17-20H2,1,3H3. The number of aryl methyl sites for hydroxylation is 1. The van der Waals surface area contributed by atoms with E-state index in [-0.39, 0.29) is 19.0 Å². The van der Waals surface area contributed by atoms with Gasteiger partial charge in [-0.25, -0.2) is 9.18 Å². The van der Waals surface area contributed by atoms with Crippen molar-refractivity contribution in [3.8, 4) is 22.6 Å². The molecule has 8 heteroatoms. The fraction of sp³-hybridized carbons (Fsp3) is 0.455. The highest BCUT2D eigenvalue weighted by atomic mass is 127. The first-order valence-corrected chi connectivity index (χ1v) is 15.4. The number of allylic oxidation sites excluding steroid dienone is 1. The van der Waals surface area contributed by atoms with Gasteiger partial charge in [-0.1, -0.05) is 38.0 Å². The normalized spacial score (nSPS) is 12.6. The number of hydrogen-bond donors (Lipinski definition) is 0. The summed E-state index contributed by atoms with van der Waals surface area (Å²) in [5.41, 5.74) is 2.28. The lowest BCUT2D eigenvalue weighted by Gasteiger charge is -2.18. The quantitative estimate of drug-likeness (QED) is 0.0335. The minimum atomic E-state index is -1.41. The molecule has 2 aromatic carbocycles. The van der Waals surface area contributed by atoms with E-state index >= 15 is 0 Å². The average molecular weight is 679 g/mol. The molecule has 222 valence electrons. The number of carbonyl (C=O) groups excluding carboxylic acids is 1. The van der Waals surface area contributed by atoms with Crippen molar-refractivity contribution in [2.45, 2.75) is 74.8 Å². The lowest BCUT2D eigenvalue weighted by Crippen LogP contribution is -2.16. The Balaban J connectivity index is 1.55. The van der Waals surface area contributed by atoms with Crippen molar-refractivity contribution in [1.29, 1.82) is 0 Å². The van der Waals surface area contributed by atoms with Gasteiger partial charge in [-0.15, -0.1) is 6.58 Å². The van der Waals surface area contributed by atoms with Gasteiger partial charge in [0.15, 0.2) is 3.68 Å². The molecule has 0 aliphatic heterocycles. The Morgan fingerprint density at radius 1 is 1.05 bits per heavy atom. The number of hydrogen-bond acceptors (Lipinski definition) is 6. The van der Waals surface area contributed by atoms with Crippen LogP contribution in [0.1, 0.15) is 70.3 Å². The van der Waals surface area contributed by atoms with Crippen LogP contribution < -0.4 is 15.1 Å². The first kappa shape index (κ1) is 32.6. The monoisotopic (exact) mass is 678 g/mol. The summed E-state index contributed by atoms with van der Waals surface area (Å²) in [5.74, 6) is 0.909. The zero-order chi connectivity index (χ0) is 29.7. The third kappa shape index (κ3) is 10.5. The zero-order valence-corrected chi connectivity index (χ0v) is 26.2. The lowest BCUT2D eigenvalue weighted by atomic mass is 10.00. The molecule has 41 heavy (non-hydrogen) atoms. The van der Waals surface area contributed by atoms with Crippen LogP contribution in [0, 0.1) is 0 Å². The molecule has 1 aromatic heterocycles. The molecule has 3 rings (SSSR count). The smallest absolute Gasteiger partial charge is 0.344 e. The molecule has 6 nitrogen and oxygen atoms in total. The lowest BCUT2D eigenvalue weighted by molar-refractivity contribution is -0.143. The molecule has 0 aliphatic carbocycles. The molecule has 0 saturated heterocycles. The molecule has 0 saturated carbocycles. The van der Waals surface area contributed by atoms with Crippen LogP contribution in [-0.2, 0) is 16.0 Å². The molecule has 1 unspecified atom stereocenters. The third-order valence-electron chi connectivity index (χ3n) is 6.79. The fourth-order valence-electron chi connectivity index (χ4n) is 4.52. The molecule has 1 heterocycles. The Bertz CT molecular complexity index is 1350. The number of alkyl halides is 2. The van der Waals surface area contributed by atoms with Crippen LogP contribution in [0.5, 0.6) is 11.5 Å². The predicted octanol–water partition coefficient (Wildman–Crippen LogP) is 8.75. The second-order valence-electron chi connectivity index (χ2n) is 10.1. The summed E-state index contributed by atoms with van der Waals surface area (Å²) in [6.07, 6.45) is 8.53. The van der Waals surface area contributed by atoms with Gasteiger partial charge >= 0.3 is 11.6 Å². The summed E-state index contributed by atoms with van der Waals surface area (Å²) >= 11 is 1.81. The summed E-state index contributed by atoms with van der Waals surface area (Å²) in [6, 6.07) is 13.1. The van der Waals surface area contributed by atoms with Crippen molar-refractivity contribution in [3.63, 3.8) is 0 Å². The molecule has 0 spiro atoms. The van der Waals surface area contributed by atoms with E-state index in [1.165, 1.54) is 12.0 Å². The van der Waals surface area contributed by atoms with Crippen LogP contribution in [0.15, 0.2) is 64.3 Å². The van der Waals surface area contributed by atoms with E-state index in [9.17, 15) is 14.0 Å². The van der Waals surface area contributed by atoms with Crippen molar-refractivity contribution >= 4 is 39.5 Å². The number of methoxy groups -OCH3 is 1. The molecule has 0 N–H and O–H groups in total. The molecular weight excluding hydrogens is 638 g/mol. The summed E-state index contributed by atoms with van der Waals surface area (Å²) in [6.45, 7) is 6.28. The van der Waals surface area contributed by atoms with Gasteiger partial charge in [0.25, 0.3) is 0 Å². The van der Waals surface area contributed by atoms with Crippen LogP contribution in [0.3, 0.4) is 0 Å². The number of unbranched alkanes of at least 4 members (excludes halogenated alkanes) is 2. The predicted molar refractivity (Wildman–Crippen MR) is 170 cm³/mol. The summed E-state index contributed by atoms with van der Waals surface area (Å²) in [7, 11) is 1.61. The molecular formula is C33H40FIO6. The Labute approximate surface area is 255 Å². The SMILES string of the molecule is C=CCCC(=O)OCCCC(F)(I)CCCOc1ccc2cc(-c3ccc(CCCCC)cc3OC)c(=O)oc2c1. The number of esters is 1. The minimum Gasteiger partial charge on any atom is -0.496 e. The van der Waals surface area contributed by atoms with E-state index in [0.29, 0.717) is 66.9 Å². The van der Waals surface area contributed by atoms with Crippen molar-refractivity contribution in [1.82, 2.24) is 0 Å². The highest BCUT2D eigenvalue weighted by Gasteiger charge is 2.24. The van der Waals surface area contributed by atoms with E-state index in [1.54, 1.807) is 19.3 Å². The van der Waals surface area contributed by atoms with Gasteiger partial charge in [0.05, 0.1) is 25.9 Å². The molecule has 0 radical (unpaired) electrons. The first-order chi connectivity index (χ1) is 19.8. The number of halogens is 2. The van der Waals surface area contributed by atoms with Gasteiger partial charge in [-0.2, -0.15) is 0 Å².